The molecule has 0 saturated heterocycles. The van der Waals surface area contributed by atoms with Crippen LogP contribution in [0.25, 0.3) is 11.3 Å². The quantitative estimate of drug-likeness (QED) is 0.572. The molecular formula is C10H9Cl2N4S+. The highest BCUT2D eigenvalue weighted by atomic mass is 35.5. The first-order valence-corrected chi connectivity index (χ1v) is 6.25. The first-order valence-electron chi connectivity index (χ1n) is 4.62. The lowest BCUT2D eigenvalue weighted by molar-refractivity contribution is -0.355. The van der Waals surface area contributed by atoms with Gasteiger partial charge in [0.25, 0.3) is 5.13 Å². The molecule has 5 N–H and O–H groups in total. The second kappa shape index (κ2) is 4.91. The van der Waals surface area contributed by atoms with Gasteiger partial charge in [-0.15, -0.1) is 4.98 Å². The standard InChI is InChI=1S/C10H8Cl2N4S/c11-5-1-2-6(7(12)3-5)8-4-17-10(15-8)16-9(13)14/h1-4H,(H4,13,14,15,16)/p+1. The number of rotatable bonds is 2. The van der Waals surface area contributed by atoms with Gasteiger partial charge in [-0.05, 0) is 18.2 Å². The van der Waals surface area contributed by atoms with Crippen LogP contribution in [0.5, 0.6) is 0 Å². The van der Waals surface area contributed by atoms with Gasteiger partial charge in [0.1, 0.15) is 5.69 Å². The van der Waals surface area contributed by atoms with E-state index in [2.05, 4.69) is 9.98 Å². The maximum absolute atomic E-state index is 6.08. The van der Waals surface area contributed by atoms with Crippen molar-refractivity contribution in [3.8, 4) is 11.3 Å². The van der Waals surface area contributed by atoms with E-state index in [0.717, 1.165) is 11.3 Å². The van der Waals surface area contributed by atoms with Crippen molar-refractivity contribution in [2.24, 2.45) is 11.5 Å². The lowest BCUT2D eigenvalue weighted by Crippen LogP contribution is -2.72. The number of nitrogens with one attached hydrogen (secondary N) is 1. The van der Waals surface area contributed by atoms with Crippen LogP contribution < -0.4 is 16.5 Å². The van der Waals surface area contributed by atoms with E-state index in [9.17, 15) is 0 Å². The van der Waals surface area contributed by atoms with Gasteiger partial charge in [-0.3, -0.25) is 0 Å². The summed E-state index contributed by atoms with van der Waals surface area (Å²) < 4.78 is 0. The average Bonchev–Trinajstić information content (AvgIpc) is 2.65. The highest BCUT2D eigenvalue weighted by Crippen LogP contribution is 2.31. The summed E-state index contributed by atoms with van der Waals surface area (Å²) in [7, 11) is 0. The number of hydrogen-bond donors (Lipinski definition) is 3. The van der Waals surface area contributed by atoms with Crippen LogP contribution in [0.3, 0.4) is 0 Å². The largest absolute Gasteiger partial charge is 0.311 e. The Labute approximate surface area is 112 Å². The average molecular weight is 288 g/mol. The van der Waals surface area contributed by atoms with Gasteiger partial charge in [0.05, 0.1) is 5.02 Å². The van der Waals surface area contributed by atoms with Crippen molar-refractivity contribution in [3.63, 3.8) is 0 Å². The highest BCUT2D eigenvalue weighted by molar-refractivity contribution is 7.13. The molecule has 0 spiro atoms. The SMILES string of the molecule is NC(N)=[NH+]c1nc(-c2ccc(Cl)cc2Cl)cs1. The van der Waals surface area contributed by atoms with Gasteiger partial charge in [0.15, 0.2) is 0 Å². The van der Waals surface area contributed by atoms with Crippen molar-refractivity contribution in [2.45, 2.75) is 0 Å². The minimum atomic E-state index is 0.105. The molecule has 0 aliphatic heterocycles. The Morgan fingerprint density at radius 3 is 2.71 bits per heavy atom. The van der Waals surface area contributed by atoms with E-state index < -0.39 is 0 Å². The number of halogens is 2. The van der Waals surface area contributed by atoms with Crippen LogP contribution >= 0.6 is 34.5 Å². The van der Waals surface area contributed by atoms with Gasteiger partial charge in [0, 0.05) is 16.0 Å². The van der Waals surface area contributed by atoms with E-state index in [1.165, 1.54) is 11.3 Å². The number of guanidine groups is 1. The maximum Gasteiger partial charge on any atom is 0.303 e. The molecule has 1 aromatic carbocycles. The van der Waals surface area contributed by atoms with Crippen molar-refractivity contribution < 1.29 is 4.99 Å². The summed E-state index contributed by atoms with van der Waals surface area (Å²) in [6.45, 7) is 0. The van der Waals surface area contributed by atoms with Gasteiger partial charge >= 0.3 is 5.96 Å². The third-order valence-corrected chi connectivity index (χ3v) is 3.27. The zero-order valence-electron chi connectivity index (χ0n) is 8.58. The summed E-state index contributed by atoms with van der Waals surface area (Å²) in [5.41, 5.74) is 12.2. The molecule has 0 fully saturated rings. The monoisotopic (exact) mass is 287 g/mol. The number of nitrogens with two attached hydrogens (primary N) is 2. The lowest BCUT2D eigenvalue weighted by atomic mass is 10.2. The van der Waals surface area contributed by atoms with E-state index in [-0.39, 0.29) is 5.96 Å². The van der Waals surface area contributed by atoms with Crippen molar-refractivity contribution in [3.05, 3.63) is 33.6 Å². The fourth-order valence-corrected chi connectivity index (χ4v) is 2.51. The Hall–Kier alpha value is -1.30. The first kappa shape index (κ1) is 12.2. The van der Waals surface area contributed by atoms with Crippen LogP contribution in [-0.2, 0) is 0 Å². The van der Waals surface area contributed by atoms with Gasteiger partial charge in [0.2, 0.25) is 0 Å². The van der Waals surface area contributed by atoms with Crippen LogP contribution in [0.2, 0.25) is 10.0 Å². The molecule has 88 valence electrons. The molecule has 0 amide bonds. The summed E-state index contributed by atoms with van der Waals surface area (Å²) in [4.78, 5) is 7.05. The summed E-state index contributed by atoms with van der Waals surface area (Å²) in [5, 5.41) is 3.62. The molecule has 2 rings (SSSR count). The van der Waals surface area contributed by atoms with Crippen LogP contribution in [0, 0.1) is 0 Å². The fourth-order valence-electron chi connectivity index (χ4n) is 1.28. The predicted octanol–water partition coefficient (Wildman–Crippen LogP) is 1.10. The molecule has 0 aliphatic rings. The molecule has 0 radical (unpaired) electrons. The van der Waals surface area contributed by atoms with Crippen molar-refractivity contribution in [1.29, 1.82) is 0 Å². The van der Waals surface area contributed by atoms with E-state index in [4.69, 9.17) is 34.7 Å². The summed E-state index contributed by atoms with van der Waals surface area (Å²) >= 11 is 13.3. The Balaban J connectivity index is 2.40. The molecular weight excluding hydrogens is 279 g/mol. The number of aromatic nitrogens is 1. The molecule has 0 saturated carbocycles. The first-order chi connectivity index (χ1) is 8.06. The lowest BCUT2D eigenvalue weighted by Gasteiger charge is -1.98. The summed E-state index contributed by atoms with van der Waals surface area (Å²) in [6, 6.07) is 5.26. The molecule has 1 heterocycles. The molecule has 17 heavy (non-hydrogen) atoms. The molecule has 0 unspecified atom stereocenters. The molecule has 1 aromatic heterocycles. The van der Waals surface area contributed by atoms with E-state index in [1.54, 1.807) is 12.1 Å². The van der Waals surface area contributed by atoms with Crippen molar-refractivity contribution in [1.82, 2.24) is 4.98 Å². The van der Waals surface area contributed by atoms with Gasteiger partial charge in [-0.2, -0.15) is 0 Å². The number of nitrogens with zero attached hydrogens (tertiary/aromatic N) is 1. The zero-order chi connectivity index (χ0) is 12.4. The maximum atomic E-state index is 6.08. The number of hydrogen-bond acceptors (Lipinski definition) is 2. The minimum Gasteiger partial charge on any atom is -0.311 e. The Bertz CT molecular complexity index is 575. The predicted molar refractivity (Wildman–Crippen MR) is 71.6 cm³/mol. The Morgan fingerprint density at radius 2 is 2.06 bits per heavy atom. The van der Waals surface area contributed by atoms with Crippen LogP contribution in [-0.4, -0.2) is 10.9 Å². The molecule has 0 bridgehead atoms. The highest BCUT2D eigenvalue weighted by Gasteiger charge is 2.11. The second-order valence-corrected chi connectivity index (χ2v) is 4.94. The fraction of sp³-hybridized carbons (Fsp3) is 0. The zero-order valence-corrected chi connectivity index (χ0v) is 10.9. The van der Waals surface area contributed by atoms with E-state index >= 15 is 0 Å². The topological polar surface area (TPSA) is 78.9 Å². The van der Waals surface area contributed by atoms with Crippen molar-refractivity contribution in [2.75, 3.05) is 0 Å². The summed E-state index contributed by atoms with van der Waals surface area (Å²) in [6.07, 6.45) is 0. The molecule has 2 aromatic rings. The minimum absolute atomic E-state index is 0.105. The van der Waals surface area contributed by atoms with E-state index in [1.807, 2.05) is 11.4 Å². The van der Waals surface area contributed by atoms with Crippen molar-refractivity contribution >= 4 is 45.6 Å². The van der Waals surface area contributed by atoms with Crippen LogP contribution in [0.15, 0.2) is 23.6 Å². The van der Waals surface area contributed by atoms with Gasteiger partial charge < -0.3 is 11.5 Å². The van der Waals surface area contributed by atoms with E-state index in [0.29, 0.717) is 15.2 Å². The third-order valence-electron chi connectivity index (χ3n) is 1.96. The number of thiazole rings is 1. The normalized spacial score (nSPS) is 10.2. The Kier molecular flexibility index (Phi) is 3.51. The Morgan fingerprint density at radius 1 is 1.29 bits per heavy atom. The van der Waals surface area contributed by atoms with Crippen LogP contribution in [0.4, 0.5) is 5.13 Å². The molecule has 0 aliphatic carbocycles. The molecule has 4 nitrogen and oxygen atoms in total. The smallest absolute Gasteiger partial charge is 0.303 e. The van der Waals surface area contributed by atoms with Gasteiger partial charge in [-0.1, -0.05) is 34.5 Å². The molecule has 7 heteroatoms. The second-order valence-electron chi connectivity index (χ2n) is 3.24. The van der Waals surface area contributed by atoms with Crippen LogP contribution in [0.1, 0.15) is 0 Å². The summed E-state index contributed by atoms with van der Waals surface area (Å²) in [5.74, 6) is 0.105. The third kappa shape index (κ3) is 2.88. The molecule has 0 atom stereocenters. The van der Waals surface area contributed by atoms with Gasteiger partial charge in [-0.25, -0.2) is 4.99 Å². The number of benzene rings is 1.